The first-order valence-corrected chi connectivity index (χ1v) is 12.0. The lowest BCUT2D eigenvalue weighted by atomic mass is 10.1. The monoisotopic (exact) mass is 485 g/mol. The van der Waals surface area contributed by atoms with Gasteiger partial charge < -0.3 is 10.1 Å². The first-order chi connectivity index (χ1) is 17.4. The van der Waals surface area contributed by atoms with Crippen LogP contribution in [0.2, 0.25) is 0 Å². The first-order valence-electron chi connectivity index (χ1n) is 12.0. The molecule has 9 heteroatoms. The molecule has 0 unspecified atom stereocenters. The number of para-hydroxylation sites is 1. The Balaban J connectivity index is 1.52. The largest absolute Gasteiger partial charge is 0.462 e. The molecule has 2 heterocycles. The molecule has 2 aromatic heterocycles. The molecular formula is C27H27N5O4. The summed E-state index contributed by atoms with van der Waals surface area (Å²) in [6, 6.07) is 12.5. The molecule has 0 aliphatic heterocycles. The second-order valence-electron chi connectivity index (χ2n) is 9.02. The summed E-state index contributed by atoms with van der Waals surface area (Å²) in [5.74, 6) is -0.762. The number of anilines is 1. The number of benzene rings is 2. The Bertz CT molecular complexity index is 1550. The van der Waals surface area contributed by atoms with Gasteiger partial charge in [0.2, 0.25) is 5.91 Å². The van der Waals surface area contributed by atoms with Crippen LogP contribution in [0.5, 0.6) is 0 Å². The summed E-state index contributed by atoms with van der Waals surface area (Å²) in [6.45, 7) is 5.68. The highest BCUT2D eigenvalue weighted by Crippen LogP contribution is 2.41. The topological polar surface area (TPSA) is 108 Å². The molecule has 184 valence electrons. The standard InChI is InChI=1S/C27H27N5O4/c1-4-36-27(35)20-7-5-6-8-22(20)29-23(33)15-31-26(34)25-21(24(30-31)18-10-11-18)14-28-32(25)19-12-9-16(2)17(3)13-19/h5-9,12-14,18H,4,10-11,15H2,1-3H3,(H,29,33). The number of nitrogens with zero attached hydrogens (tertiary/aromatic N) is 4. The number of rotatable bonds is 7. The minimum atomic E-state index is -0.529. The second-order valence-corrected chi connectivity index (χ2v) is 9.02. The molecule has 0 spiro atoms. The van der Waals surface area contributed by atoms with E-state index in [0.29, 0.717) is 16.6 Å². The van der Waals surface area contributed by atoms with Gasteiger partial charge in [-0.3, -0.25) is 9.59 Å². The summed E-state index contributed by atoms with van der Waals surface area (Å²) in [6.07, 6.45) is 3.65. The fraction of sp³-hybridized carbons (Fsp3) is 0.296. The van der Waals surface area contributed by atoms with Crippen LogP contribution in [-0.4, -0.2) is 38.0 Å². The number of carbonyl (C=O) groups excluding carboxylic acids is 2. The predicted molar refractivity (Wildman–Crippen MR) is 136 cm³/mol. The maximum absolute atomic E-state index is 13.6. The number of fused-ring (bicyclic) bond motifs is 1. The number of hydrogen-bond donors (Lipinski definition) is 1. The smallest absolute Gasteiger partial charge is 0.340 e. The van der Waals surface area contributed by atoms with Crippen molar-refractivity contribution in [3.8, 4) is 5.69 Å². The van der Waals surface area contributed by atoms with Crippen LogP contribution in [0, 0.1) is 13.8 Å². The van der Waals surface area contributed by atoms with Crippen LogP contribution in [0.3, 0.4) is 0 Å². The van der Waals surface area contributed by atoms with Crippen LogP contribution in [0.25, 0.3) is 16.6 Å². The molecule has 1 amide bonds. The second kappa shape index (κ2) is 9.41. The third kappa shape index (κ3) is 4.39. The molecule has 9 nitrogen and oxygen atoms in total. The number of nitrogens with one attached hydrogen (secondary N) is 1. The van der Waals surface area contributed by atoms with Crippen LogP contribution >= 0.6 is 0 Å². The lowest BCUT2D eigenvalue weighted by Crippen LogP contribution is -2.31. The highest BCUT2D eigenvalue weighted by Gasteiger charge is 2.30. The van der Waals surface area contributed by atoms with Crippen LogP contribution in [0.15, 0.2) is 53.5 Å². The zero-order valence-electron chi connectivity index (χ0n) is 20.4. The molecule has 1 fully saturated rings. The van der Waals surface area contributed by atoms with Crippen molar-refractivity contribution in [3.63, 3.8) is 0 Å². The van der Waals surface area contributed by atoms with Crippen molar-refractivity contribution in [2.45, 2.75) is 46.1 Å². The molecule has 2 aromatic carbocycles. The van der Waals surface area contributed by atoms with Gasteiger partial charge in [0.25, 0.3) is 5.56 Å². The summed E-state index contributed by atoms with van der Waals surface area (Å²) in [7, 11) is 0. The summed E-state index contributed by atoms with van der Waals surface area (Å²) in [4.78, 5) is 38.8. The Morgan fingerprint density at radius 3 is 2.61 bits per heavy atom. The zero-order chi connectivity index (χ0) is 25.4. The normalized spacial score (nSPS) is 13.1. The number of ether oxygens (including phenoxy) is 1. The summed E-state index contributed by atoms with van der Waals surface area (Å²) in [5, 5.41) is 12.5. The van der Waals surface area contributed by atoms with E-state index in [9.17, 15) is 14.4 Å². The minimum absolute atomic E-state index is 0.221. The van der Waals surface area contributed by atoms with E-state index in [2.05, 4.69) is 15.5 Å². The molecule has 0 saturated heterocycles. The molecular weight excluding hydrogens is 458 g/mol. The van der Waals surface area contributed by atoms with Gasteiger partial charge in [-0.05, 0) is 69.0 Å². The van der Waals surface area contributed by atoms with Gasteiger partial charge >= 0.3 is 5.97 Å². The van der Waals surface area contributed by atoms with Gasteiger partial charge in [0, 0.05) is 11.3 Å². The number of hydrogen-bond acceptors (Lipinski definition) is 6. The van der Waals surface area contributed by atoms with E-state index in [1.165, 1.54) is 4.68 Å². The first kappa shape index (κ1) is 23.5. The number of aromatic nitrogens is 4. The van der Waals surface area contributed by atoms with E-state index < -0.39 is 17.4 Å². The lowest BCUT2D eigenvalue weighted by Gasteiger charge is -2.12. The fourth-order valence-corrected chi connectivity index (χ4v) is 4.22. The van der Waals surface area contributed by atoms with Gasteiger partial charge in [-0.1, -0.05) is 18.2 Å². The average molecular weight is 486 g/mol. The third-order valence-corrected chi connectivity index (χ3v) is 6.40. The summed E-state index contributed by atoms with van der Waals surface area (Å²) >= 11 is 0. The molecule has 36 heavy (non-hydrogen) atoms. The van der Waals surface area contributed by atoms with Gasteiger partial charge in [-0.25, -0.2) is 14.2 Å². The van der Waals surface area contributed by atoms with E-state index in [4.69, 9.17) is 4.74 Å². The van der Waals surface area contributed by atoms with Crippen LogP contribution in [-0.2, 0) is 16.1 Å². The molecule has 0 radical (unpaired) electrons. The number of carbonyl (C=O) groups is 2. The van der Waals surface area contributed by atoms with E-state index in [1.54, 1.807) is 42.1 Å². The van der Waals surface area contributed by atoms with Gasteiger partial charge in [0.05, 0.1) is 35.4 Å². The molecule has 1 aliphatic rings. The van der Waals surface area contributed by atoms with Gasteiger partial charge in [-0.2, -0.15) is 10.2 Å². The number of amides is 1. The van der Waals surface area contributed by atoms with Crippen LogP contribution in [0.4, 0.5) is 5.69 Å². The quantitative estimate of drug-likeness (QED) is 0.398. The van der Waals surface area contributed by atoms with Gasteiger partial charge in [0.15, 0.2) is 0 Å². The fourth-order valence-electron chi connectivity index (χ4n) is 4.22. The van der Waals surface area contributed by atoms with E-state index >= 15 is 0 Å². The molecule has 4 aromatic rings. The van der Waals surface area contributed by atoms with Crippen molar-refractivity contribution in [1.82, 2.24) is 19.6 Å². The Hall–Kier alpha value is -4.27. The minimum Gasteiger partial charge on any atom is -0.462 e. The molecule has 0 bridgehead atoms. The van der Waals surface area contributed by atoms with Crippen LogP contribution < -0.4 is 10.9 Å². The van der Waals surface area contributed by atoms with Crippen molar-refractivity contribution in [2.75, 3.05) is 11.9 Å². The zero-order valence-corrected chi connectivity index (χ0v) is 20.4. The lowest BCUT2D eigenvalue weighted by molar-refractivity contribution is -0.117. The maximum atomic E-state index is 13.6. The van der Waals surface area contributed by atoms with Crippen molar-refractivity contribution in [1.29, 1.82) is 0 Å². The average Bonchev–Trinajstić information content (AvgIpc) is 3.60. The van der Waals surface area contributed by atoms with E-state index in [-0.39, 0.29) is 24.6 Å². The molecule has 0 atom stereocenters. The third-order valence-electron chi connectivity index (χ3n) is 6.40. The SMILES string of the molecule is CCOC(=O)c1ccccc1NC(=O)Cn1nc(C2CC2)c2cnn(-c3ccc(C)c(C)c3)c2c1=O. The Labute approximate surface area is 207 Å². The van der Waals surface area contributed by atoms with Crippen molar-refractivity contribution >= 4 is 28.5 Å². The Kier molecular flexibility index (Phi) is 6.13. The molecule has 1 saturated carbocycles. The van der Waals surface area contributed by atoms with E-state index in [1.807, 2.05) is 32.0 Å². The summed E-state index contributed by atoms with van der Waals surface area (Å²) in [5.41, 5.74) is 4.35. The molecule has 1 N–H and O–H groups in total. The van der Waals surface area contributed by atoms with Crippen molar-refractivity contribution in [2.24, 2.45) is 0 Å². The summed E-state index contributed by atoms with van der Waals surface area (Å²) < 4.78 is 7.90. The molecule has 5 rings (SSSR count). The van der Waals surface area contributed by atoms with Gasteiger partial charge in [0.1, 0.15) is 12.1 Å². The Morgan fingerprint density at radius 2 is 1.89 bits per heavy atom. The van der Waals surface area contributed by atoms with Crippen molar-refractivity contribution in [3.05, 3.63) is 81.4 Å². The number of esters is 1. The van der Waals surface area contributed by atoms with Gasteiger partial charge in [-0.15, -0.1) is 0 Å². The number of aryl methyl sites for hydroxylation is 2. The highest BCUT2D eigenvalue weighted by molar-refractivity contribution is 6.01. The van der Waals surface area contributed by atoms with Crippen molar-refractivity contribution < 1.29 is 14.3 Å². The highest BCUT2D eigenvalue weighted by atomic mass is 16.5. The predicted octanol–water partition coefficient (Wildman–Crippen LogP) is 3.89. The maximum Gasteiger partial charge on any atom is 0.340 e. The Morgan fingerprint density at radius 1 is 1.11 bits per heavy atom. The van der Waals surface area contributed by atoms with E-state index in [0.717, 1.165) is 35.3 Å². The van der Waals surface area contributed by atoms with Crippen LogP contribution in [0.1, 0.15) is 52.9 Å². The molecule has 1 aliphatic carbocycles.